The average molecular weight is 255 g/mol. The number of rotatable bonds is 3. The molecule has 2 rings (SSSR count). The molecule has 0 fully saturated rings. The zero-order valence-electron chi connectivity index (χ0n) is 9.27. The second-order valence-electron chi connectivity index (χ2n) is 3.90. The van der Waals surface area contributed by atoms with Crippen molar-refractivity contribution in [1.82, 2.24) is 9.78 Å². The quantitative estimate of drug-likeness (QED) is 0.914. The summed E-state index contributed by atoms with van der Waals surface area (Å²) in [7, 11) is 1.77. The Labute approximate surface area is 103 Å². The molecule has 3 nitrogen and oxygen atoms in total. The van der Waals surface area contributed by atoms with Crippen molar-refractivity contribution in [2.45, 2.75) is 12.5 Å². The smallest absolute Gasteiger partial charge is 0.123 e. The molecule has 1 heterocycles. The van der Waals surface area contributed by atoms with E-state index in [1.807, 2.05) is 0 Å². The molecule has 0 saturated heterocycles. The Morgan fingerprint density at radius 1 is 1.53 bits per heavy atom. The first-order chi connectivity index (χ1) is 8.06. The van der Waals surface area contributed by atoms with Gasteiger partial charge in [0.05, 0.1) is 12.3 Å². The fraction of sp³-hybridized carbons (Fsp3) is 0.250. The second-order valence-corrected chi connectivity index (χ2v) is 4.31. The maximum Gasteiger partial charge on any atom is 0.123 e. The molecule has 0 aliphatic carbocycles. The van der Waals surface area contributed by atoms with Crippen molar-refractivity contribution in [2.75, 3.05) is 0 Å². The van der Waals surface area contributed by atoms with Gasteiger partial charge in [-0.15, -0.1) is 0 Å². The van der Waals surface area contributed by atoms with E-state index < -0.39 is 6.10 Å². The van der Waals surface area contributed by atoms with Crippen molar-refractivity contribution in [3.63, 3.8) is 0 Å². The number of aryl methyl sites for hydroxylation is 1. The number of benzene rings is 1. The molecule has 1 unspecified atom stereocenters. The van der Waals surface area contributed by atoms with E-state index in [-0.39, 0.29) is 12.2 Å². The van der Waals surface area contributed by atoms with E-state index in [0.29, 0.717) is 16.1 Å². The standard InChI is InChI=1S/C12H12ClFN2O/c1-16-7-9(6-15-16)12(17)5-8-4-10(14)2-3-11(8)13/h2-4,6-7,12,17H,5H2,1H3. The van der Waals surface area contributed by atoms with Crippen LogP contribution in [0.3, 0.4) is 0 Å². The van der Waals surface area contributed by atoms with Gasteiger partial charge in [0.15, 0.2) is 0 Å². The maximum atomic E-state index is 13.0. The molecule has 0 spiro atoms. The Morgan fingerprint density at radius 2 is 2.29 bits per heavy atom. The van der Waals surface area contributed by atoms with Crippen LogP contribution in [0.25, 0.3) is 0 Å². The van der Waals surface area contributed by atoms with Gasteiger partial charge in [0.1, 0.15) is 5.82 Å². The number of hydrogen-bond donors (Lipinski definition) is 1. The van der Waals surface area contributed by atoms with E-state index in [4.69, 9.17) is 11.6 Å². The van der Waals surface area contributed by atoms with Gasteiger partial charge in [0.2, 0.25) is 0 Å². The maximum absolute atomic E-state index is 13.0. The van der Waals surface area contributed by atoms with Crippen molar-refractivity contribution in [2.24, 2.45) is 7.05 Å². The molecule has 0 radical (unpaired) electrons. The predicted octanol–water partition coefficient (Wildman–Crippen LogP) is 2.49. The lowest BCUT2D eigenvalue weighted by Crippen LogP contribution is -2.01. The van der Waals surface area contributed by atoms with Crippen molar-refractivity contribution in [3.05, 3.63) is 52.6 Å². The van der Waals surface area contributed by atoms with E-state index in [1.54, 1.807) is 24.1 Å². The molecule has 0 aliphatic heterocycles. The van der Waals surface area contributed by atoms with Crippen LogP contribution < -0.4 is 0 Å². The zero-order chi connectivity index (χ0) is 12.4. The molecule has 2 aromatic rings. The highest BCUT2D eigenvalue weighted by atomic mass is 35.5. The highest BCUT2D eigenvalue weighted by Crippen LogP contribution is 2.23. The summed E-state index contributed by atoms with van der Waals surface area (Å²) in [4.78, 5) is 0. The Kier molecular flexibility index (Phi) is 3.45. The van der Waals surface area contributed by atoms with E-state index in [2.05, 4.69) is 5.10 Å². The summed E-state index contributed by atoms with van der Waals surface area (Å²) < 4.78 is 14.7. The molecule has 1 atom stereocenters. The molecule has 17 heavy (non-hydrogen) atoms. The first kappa shape index (κ1) is 12.1. The summed E-state index contributed by atoms with van der Waals surface area (Å²) in [6.45, 7) is 0. The number of aliphatic hydroxyl groups excluding tert-OH is 1. The molecular weight excluding hydrogens is 243 g/mol. The molecule has 0 saturated carbocycles. The minimum Gasteiger partial charge on any atom is -0.388 e. The Hall–Kier alpha value is -1.39. The fourth-order valence-electron chi connectivity index (χ4n) is 1.64. The van der Waals surface area contributed by atoms with Gasteiger partial charge in [0.25, 0.3) is 0 Å². The Morgan fingerprint density at radius 3 is 2.94 bits per heavy atom. The molecular formula is C12H12ClFN2O. The largest absolute Gasteiger partial charge is 0.388 e. The molecule has 1 aromatic carbocycles. The molecule has 1 aromatic heterocycles. The summed E-state index contributed by atoms with van der Waals surface area (Å²) in [6, 6.07) is 4.12. The summed E-state index contributed by atoms with van der Waals surface area (Å²) >= 11 is 5.93. The first-order valence-corrected chi connectivity index (χ1v) is 5.54. The topological polar surface area (TPSA) is 38.0 Å². The minimum atomic E-state index is -0.733. The zero-order valence-corrected chi connectivity index (χ0v) is 10.0. The van der Waals surface area contributed by atoms with Crippen LogP contribution in [-0.4, -0.2) is 14.9 Å². The van der Waals surface area contributed by atoms with Crippen LogP contribution in [0, 0.1) is 5.82 Å². The number of hydrogen-bond acceptors (Lipinski definition) is 2. The van der Waals surface area contributed by atoms with Crippen LogP contribution in [0.5, 0.6) is 0 Å². The molecule has 0 bridgehead atoms. The lowest BCUT2D eigenvalue weighted by Gasteiger charge is -2.09. The van der Waals surface area contributed by atoms with E-state index in [9.17, 15) is 9.50 Å². The SMILES string of the molecule is Cn1cc(C(O)Cc2cc(F)ccc2Cl)cn1. The van der Waals surface area contributed by atoms with Crippen LogP contribution in [-0.2, 0) is 13.5 Å². The van der Waals surface area contributed by atoms with E-state index >= 15 is 0 Å². The molecule has 0 aliphatic rings. The van der Waals surface area contributed by atoms with Crippen LogP contribution in [0.1, 0.15) is 17.2 Å². The monoisotopic (exact) mass is 254 g/mol. The minimum absolute atomic E-state index is 0.266. The average Bonchev–Trinajstić information content (AvgIpc) is 2.70. The second kappa shape index (κ2) is 4.85. The number of halogens is 2. The van der Waals surface area contributed by atoms with Gasteiger partial charge in [0, 0.05) is 30.3 Å². The molecule has 5 heteroatoms. The number of nitrogens with zero attached hydrogens (tertiary/aromatic N) is 2. The highest BCUT2D eigenvalue weighted by molar-refractivity contribution is 6.31. The Balaban J connectivity index is 2.18. The number of aliphatic hydroxyl groups is 1. The van der Waals surface area contributed by atoms with Gasteiger partial charge in [-0.25, -0.2) is 4.39 Å². The predicted molar refractivity (Wildman–Crippen MR) is 63.3 cm³/mol. The lowest BCUT2D eigenvalue weighted by molar-refractivity contribution is 0.178. The van der Waals surface area contributed by atoms with E-state index in [1.165, 1.54) is 18.2 Å². The van der Waals surface area contributed by atoms with Crippen molar-refractivity contribution >= 4 is 11.6 Å². The number of aromatic nitrogens is 2. The third kappa shape index (κ3) is 2.84. The van der Waals surface area contributed by atoms with Gasteiger partial charge in [-0.3, -0.25) is 4.68 Å². The van der Waals surface area contributed by atoms with Crippen molar-refractivity contribution in [1.29, 1.82) is 0 Å². The van der Waals surface area contributed by atoms with Gasteiger partial charge in [-0.2, -0.15) is 5.10 Å². The van der Waals surface area contributed by atoms with Crippen LogP contribution in [0.15, 0.2) is 30.6 Å². The molecule has 90 valence electrons. The van der Waals surface area contributed by atoms with Crippen molar-refractivity contribution in [3.8, 4) is 0 Å². The van der Waals surface area contributed by atoms with Gasteiger partial charge < -0.3 is 5.11 Å². The lowest BCUT2D eigenvalue weighted by atomic mass is 10.0. The van der Waals surface area contributed by atoms with Gasteiger partial charge in [-0.1, -0.05) is 11.6 Å². The van der Waals surface area contributed by atoms with Gasteiger partial charge >= 0.3 is 0 Å². The third-order valence-corrected chi connectivity index (χ3v) is 2.90. The van der Waals surface area contributed by atoms with Crippen LogP contribution in [0.4, 0.5) is 4.39 Å². The third-order valence-electron chi connectivity index (χ3n) is 2.53. The highest BCUT2D eigenvalue weighted by Gasteiger charge is 2.13. The summed E-state index contributed by atoms with van der Waals surface area (Å²) in [5, 5.41) is 14.4. The first-order valence-electron chi connectivity index (χ1n) is 5.17. The Bertz CT molecular complexity index is 527. The fourth-order valence-corrected chi connectivity index (χ4v) is 1.83. The summed E-state index contributed by atoms with van der Waals surface area (Å²) in [5.74, 6) is -0.359. The van der Waals surface area contributed by atoms with Crippen LogP contribution in [0.2, 0.25) is 5.02 Å². The van der Waals surface area contributed by atoms with Crippen molar-refractivity contribution < 1.29 is 9.50 Å². The summed E-state index contributed by atoms with van der Waals surface area (Å²) in [6.07, 6.45) is 2.83. The van der Waals surface area contributed by atoms with E-state index in [0.717, 1.165) is 0 Å². The molecule has 1 N–H and O–H groups in total. The van der Waals surface area contributed by atoms with Gasteiger partial charge in [-0.05, 0) is 23.8 Å². The van der Waals surface area contributed by atoms with Crippen LogP contribution >= 0.6 is 11.6 Å². The summed E-state index contributed by atoms with van der Waals surface area (Å²) in [5.41, 5.74) is 1.27. The normalized spacial score (nSPS) is 12.7. The molecule has 0 amide bonds.